The van der Waals surface area contributed by atoms with Gasteiger partial charge >= 0.3 is 0 Å². The summed E-state index contributed by atoms with van der Waals surface area (Å²) in [6.07, 6.45) is 3.73. The number of nitrogens with one attached hydrogen (secondary N) is 1. The highest BCUT2D eigenvalue weighted by Crippen LogP contribution is 2.18. The largest absolute Gasteiger partial charge is 0.303 e. The van der Waals surface area contributed by atoms with Gasteiger partial charge in [0.25, 0.3) is 0 Å². The van der Waals surface area contributed by atoms with E-state index < -0.39 is 0 Å². The molecule has 2 aliphatic heterocycles. The second-order valence-corrected chi connectivity index (χ2v) is 2.93. The number of aliphatic imine (C=N–C) groups is 1. The monoisotopic (exact) mass is 150 g/mol. The number of hydrogen-bond donors (Lipinski definition) is 1. The van der Waals surface area contributed by atoms with Gasteiger partial charge in [-0.3, -0.25) is 4.99 Å². The zero-order valence-corrected chi connectivity index (χ0v) is 6.21. The lowest BCUT2D eigenvalue weighted by atomic mass is 9.99. The van der Waals surface area contributed by atoms with Crippen LogP contribution in [0, 0.1) is 0 Å². The van der Waals surface area contributed by atoms with Gasteiger partial charge in [0, 0.05) is 12.8 Å². The van der Waals surface area contributed by atoms with Crippen LogP contribution in [0.3, 0.4) is 0 Å². The fourth-order valence-corrected chi connectivity index (χ4v) is 1.50. The summed E-state index contributed by atoms with van der Waals surface area (Å²) in [6, 6.07) is 0.0236. The van der Waals surface area contributed by atoms with Gasteiger partial charge in [0.15, 0.2) is 0 Å². The predicted octanol–water partition coefficient (Wildman–Crippen LogP) is -0.0718. The van der Waals surface area contributed by atoms with Crippen molar-refractivity contribution in [2.24, 2.45) is 4.99 Å². The average molecular weight is 150 g/mol. The Bertz CT molecular complexity index is 242. The van der Waals surface area contributed by atoms with Crippen molar-refractivity contribution in [1.82, 2.24) is 5.32 Å². The third-order valence-corrected chi connectivity index (χ3v) is 2.17. The average Bonchev–Trinajstić information content (AvgIpc) is 2.50. The van der Waals surface area contributed by atoms with Gasteiger partial charge in [0.2, 0.25) is 0 Å². The lowest BCUT2D eigenvalue weighted by Crippen LogP contribution is -2.36. The third kappa shape index (κ3) is 1.12. The first-order valence-corrected chi connectivity index (χ1v) is 3.79. The SMILES string of the molecule is O=CC1CC2=C(C=NC2)CN1. The third-order valence-electron chi connectivity index (χ3n) is 2.17. The summed E-state index contributed by atoms with van der Waals surface area (Å²) in [5, 5.41) is 3.12. The first-order chi connectivity index (χ1) is 5.40. The summed E-state index contributed by atoms with van der Waals surface area (Å²) < 4.78 is 0. The normalized spacial score (nSPS) is 28.9. The van der Waals surface area contributed by atoms with Gasteiger partial charge in [-0.15, -0.1) is 0 Å². The molecule has 0 radical (unpaired) electrons. The first kappa shape index (κ1) is 6.73. The molecule has 1 atom stereocenters. The Morgan fingerprint density at radius 2 is 2.64 bits per heavy atom. The minimum Gasteiger partial charge on any atom is -0.303 e. The molecule has 0 aromatic carbocycles. The zero-order valence-electron chi connectivity index (χ0n) is 6.21. The summed E-state index contributed by atoms with van der Waals surface area (Å²) in [7, 11) is 0. The molecule has 11 heavy (non-hydrogen) atoms. The van der Waals surface area contributed by atoms with E-state index in [9.17, 15) is 4.79 Å². The van der Waals surface area contributed by atoms with E-state index in [0.29, 0.717) is 0 Å². The molecule has 0 spiro atoms. The van der Waals surface area contributed by atoms with Gasteiger partial charge < -0.3 is 10.1 Å². The minimum absolute atomic E-state index is 0.0236. The molecule has 2 aliphatic rings. The van der Waals surface area contributed by atoms with Gasteiger partial charge in [0.05, 0.1) is 12.6 Å². The van der Waals surface area contributed by atoms with E-state index in [1.54, 1.807) is 0 Å². The van der Waals surface area contributed by atoms with Gasteiger partial charge in [-0.2, -0.15) is 0 Å². The highest BCUT2D eigenvalue weighted by Gasteiger charge is 2.20. The van der Waals surface area contributed by atoms with E-state index in [4.69, 9.17) is 0 Å². The number of carbonyl (C=O) groups excluding carboxylic acids is 1. The molecule has 0 amide bonds. The van der Waals surface area contributed by atoms with Gasteiger partial charge in [-0.25, -0.2) is 0 Å². The van der Waals surface area contributed by atoms with Crippen molar-refractivity contribution in [2.45, 2.75) is 12.5 Å². The van der Waals surface area contributed by atoms with Crippen molar-refractivity contribution in [3.8, 4) is 0 Å². The van der Waals surface area contributed by atoms with Crippen molar-refractivity contribution >= 4 is 12.5 Å². The summed E-state index contributed by atoms with van der Waals surface area (Å²) in [6.45, 7) is 1.61. The molecular formula is C8H10N2O. The number of aldehydes is 1. The lowest BCUT2D eigenvalue weighted by molar-refractivity contribution is -0.109. The second-order valence-electron chi connectivity index (χ2n) is 2.93. The van der Waals surface area contributed by atoms with Crippen molar-refractivity contribution in [3.63, 3.8) is 0 Å². The second kappa shape index (κ2) is 2.58. The quantitative estimate of drug-likeness (QED) is 0.531. The molecule has 0 bridgehead atoms. The van der Waals surface area contributed by atoms with Crippen molar-refractivity contribution < 1.29 is 4.79 Å². The number of nitrogens with zero attached hydrogens (tertiary/aromatic N) is 1. The Kier molecular flexibility index (Phi) is 1.58. The molecule has 0 aromatic heterocycles. The molecule has 58 valence electrons. The van der Waals surface area contributed by atoms with Gasteiger partial charge in [-0.1, -0.05) is 0 Å². The van der Waals surface area contributed by atoms with Crippen LogP contribution in [0.5, 0.6) is 0 Å². The number of rotatable bonds is 1. The fourth-order valence-electron chi connectivity index (χ4n) is 1.50. The maximum atomic E-state index is 10.4. The highest BCUT2D eigenvalue weighted by molar-refractivity contribution is 5.84. The summed E-state index contributed by atoms with van der Waals surface area (Å²) in [5.41, 5.74) is 2.61. The van der Waals surface area contributed by atoms with E-state index in [1.165, 1.54) is 11.1 Å². The smallest absolute Gasteiger partial charge is 0.137 e. The van der Waals surface area contributed by atoms with Crippen LogP contribution in [-0.2, 0) is 4.79 Å². The van der Waals surface area contributed by atoms with E-state index in [0.717, 1.165) is 25.8 Å². The van der Waals surface area contributed by atoms with E-state index in [-0.39, 0.29) is 6.04 Å². The summed E-state index contributed by atoms with van der Waals surface area (Å²) in [5.74, 6) is 0. The first-order valence-electron chi connectivity index (χ1n) is 3.79. The molecule has 0 aliphatic carbocycles. The molecule has 0 saturated heterocycles. The highest BCUT2D eigenvalue weighted by atomic mass is 16.1. The minimum atomic E-state index is 0.0236. The van der Waals surface area contributed by atoms with Crippen molar-refractivity contribution in [2.75, 3.05) is 13.1 Å². The Labute approximate surface area is 65.2 Å². The predicted molar refractivity (Wildman–Crippen MR) is 42.9 cm³/mol. The molecular weight excluding hydrogens is 140 g/mol. The Balaban J connectivity index is 2.14. The maximum Gasteiger partial charge on any atom is 0.137 e. The molecule has 3 nitrogen and oxygen atoms in total. The van der Waals surface area contributed by atoms with Crippen molar-refractivity contribution in [1.29, 1.82) is 0 Å². The van der Waals surface area contributed by atoms with E-state index in [1.807, 2.05) is 6.21 Å². The number of hydrogen-bond acceptors (Lipinski definition) is 3. The molecule has 0 fully saturated rings. The Hall–Kier alpha value is -0.960. The van der Waals surface area contributed by atoms with Crippen LogP contribution in [0.1, 0.15) is 6.42 Å². The van der Waals surface area contributed by atoms with Crippen LogP contribution in [-0.4, -0.2) is 31.6 Å². The maximum absolute atomic E-state index is 10.4. The van der Waals surface area contributed by atoms with Crippen LogP contribution in [0.2, 0.25) is 0 Å². The van der Waals surface area contributed by atoms with Crippen molar-refractivity contribution in [3.05, 3.63) is 11.1 Å². The van der Waals surface area contributed by atoms with Crippen LogP contribution in [0.25, 0.3) is 0 Å². The van der Waals surface area contributed by atoms with Crippen LogP contribution in [0.4, 0.5) is 0 Å². The molecule has 3 heteroatoms. The molecule has 1 N–H and O–H groups in total. The topological polar surface area (TPSA) is 41.5 Å². The van der Waals surface area contributed by atoms with E-state index >= 15 is 0 Å². The Morgan fingerprint density at radius 3 is 3.45 bits per heavy atom. The fraction of sp³-hybridized carbons (Fsp3) is 0.500. The standard InChI is InChI=1S/C8H10N2O/c11-5-8-1-6-2-9-3-7(6)4-10-8/h3,5,8,10H,1-2,4H2. The number of carbonyl (C=O) groups is 1. The zero-order chi connectivity index (χ0) is 7.68. The van der Waals surface area contributed by atoms with Gasteiger partial charge in [-0.05, 0) is 17.6 Å². The Morgan fingerprint density at radius 1 is 1.73 bits per heavy atom. The van der Waals surface area contributed by atoms with Crippen LogP contribution < -0.4 is 5.32 Å². The van der Waals surface area contributed by atoms with Gasteiger partial charge in [0.1, 0.15) is 6.29 Å². The lowest BCUT2D eigenvalue weighted by Gasteiger charge is -2.19. The molecule has 0 saturated carbocycles. The molecule has 2 rings (SSSR count). The molecule has 2 heterocycles. The van der Waals surface area contributed by atoms with E-state index in [2.05, 4.69) is 10.3 Å². The summed E-state index contributed by atoms with van der Waals surface area (Å²) in [4.78, 5) is 14.6. The van der Waals surface area contributed by atoms with Crippen LogP contribution >= 0.6 is 0 Å². The molecule has 1 unspecified atom stereocenters. The summed E-state index contributed by atoms with van der Waals surface area (Å²) >= 11 is 0. The molecule has 0 aromatic rings. The van der Waals surface area contributed by atoms with Crippen LogP contribution in [0.15, 0.2) is 16.1 Å².